The van der Waals surface area contributed by atoms with Gasteiger partial charge < -0.3 is 14.8 Å². The zero-order valence-electron chi connectivity index (χ0n) is 21.8. The van der Waals surface area contributed by atoms with Gasteiger partial charge in [-0.2, -0.15) is 0 Å². The molecule has 0 bridgehead atoms. The van der Waals surface area contributed by atoms with Crippen LogP contribution in [0, 0.1) is 0 Å². The van der Waals surface area contributed by atoms with E-state index >= 15 is 0 Å². The van der Waals surface area contributed by atoms with E-state index in [1.807, 2.05) is 81.4 Å². The fourth-order valence-corrected chi connectivity index (χ4v) is 4.64. The first-order chi connectivity index (χ1) is 18.2. The van der Waals surface area contributed by atoms with Crippen LogP contribution < -0.4 is 15.6 Å². The number of carbonyl (C=O) groups excluding carboxylic acids is 1. The molecule has 3 aromatic carbocycles. The van der Waals surface area contributed by atoms with Crippen LogP contribution in [0.1, 0.15) is 47.8 Å². The SMILES string of the molecule is CCc1ccc(C(=O)OC)cc1-n1cc(Br)nc(NC(C)(C)c2ccccc2OCc2ccccc2)c1=O. The third kappa shape index (κ3) is 5.97. The Morgan fingerprint density at radius 2 is 1.76 bits per heavy atom. The van der Waals surface area contributed by atoms with Crippen LogP contribution in [-0.2, 0) is 23.3 Å². The Balaban J connectivity index is 1.71. The van der Waals surface area contributed by atoms with Gasteiger partial charge in [-0.1, -0.05) is 61.5 Å². The van der Waals surface area contributed by atoms with Gasteiger partial charge in [0.15, 0.2) is 5.82 Å². The maximum atomic E-state index is 13.7. The third-order valence-electron chi connectivity index (χ3n) is 6.25. The summed E-state index contributed by atoms with van der Waals surface area (Å²) >= 11 is 3.45. The Hall–Kier alpha value is -3.91. The maximum absolute atomic E-state index is 13.7. The molecule has 4 aromatic rings. The number of aryl methyl sites for hydroxylation is 1. The van der Waals surface area contributed by atoms with E-state index in [0.29, 0.717) is 34.6 Å². The van der Waals surface area contributed by atoms with E-state index in [1.54, 1.807) is 18.3 Å². The maximum Gasteiger partial charge on any atom is 0.337 e. The highest BCUT2D eigenvalue weighted by molar-refractivity contribution is 9.10. The summed E-state index contributed by atoms with van der Waals surface area (Å²) in [4.78, 5) is 30.4. The van der Waals surface area contributed by atoms with Crippen molar-refractivity contribution in [3.63, 3.8) is 0 Å². The fraction of sp³-hybridized carbons (Fsp3) is 0.233. The number of methoxy groups -OCH3 is 1. The topological polar surface area (TPSA) is 82.5 Å². The van der Waals surface area contributed by atoms with Crippen molar-refractivity contribution < 1.29 is 14.3 Å². The molecular formula is C30H30BrN3O4. The quantitative estimate of drug-likeness (QED) is 0.237. The summed E-state index contributed by atoms with van der Waals surface area (Å²) in [6, 6.07) is 22.9. The van der Waals surface area contributed by atoms with Crippen LogP contribution in [0.2, 0.25) is 0 Å². The second-order valence-electron chi connectivity index (χ2n) is 9.30. The third-order valence-corrected chi connectivity index (χ3v) is 6.63. The molecule has 0 aliphatic heterocycles. The van der Waals surface area contributed by atoms with Gasteiger partial charge in [-0.15, -0.1) is 0 Å². The van der Waals surface area contributed by atoms with E-state index in [4.69, 9.17) is 9.47 Å². The van der Waals surface area contributed by atoms with Crippen molar-refractivity contribution in [2.45, 2.75) is 39.3 Å². The predicted molar refractivity (Wildman–Crippen MR) is 152 cm³/mol. The number of rotatable bonds is 9. The van der Waals surface area contributed by atoms with Crippen molar-refractivity contribution in [1.82, 2.24) is 9.55 Å². The largest absolute Gasteiger partial charge is 0.489 e. The average Bonchev–Trinajstić information content (AvgIpc) is 2.93. The van der Waals surface area contributed by atoms with Crippen LogP contribution >= 0.6 is 15.9 Å². The summed E-state index contributed by atoms with van der Waals surface area (Å²) in [5, 5.41) is 3.33. The minimum Gasteiger partial charge on any atom is -0.489 e. The second-order valence-corrected chi connectivity index (χ2v) is 10.1. The molecule has 0 aliphatic rings. The Labute approximate surface area is 230 Å². The van der Waals surface area contributed by atoms with Crippen LogP contribution in [0.3, 0.4) is 0 Å². The summed E-state index contributed by atoms with van der Waals surface area (Å²) < 4.78 is 13.0. The standard InChI is InChI=1S/C30H30BrN3O4/c1-5-21-15-16-22(29(36)37-4)17-24(21)34-18-26(31)32-27(28(34)35)33-30(2,3)23-13-9-10-14-25(23)38-19-20-11-7-6-8-12-20/h6-18H,5,19H2,1-4H3,(H,32,33). The summed E-state index contributed by atoms with van der Waals surface area (Å²) in [6.07, 6.45) is 2.27. The van der Waals surface area contributed by atoms with Crippen LogP contribution in [0.5, 0.6) is 5.75 Å². The molecular weight excluding hydrogens is 546 g/mol. The molecule has 7 nitrogen and oxygen atoms in total. The van der Waals surface area contributed by atoms with Crippen molar-refractivity contribution >= 4 is 27.7 Å². The zero-order valence-corrected chi connectivity index (χ0v) is 23.4. The lowest BCUT2D eigenvalue weighted by Gasteiger charge is -2.29. The number of benzene rings is 3. The molecule has 0 unspecified atom stereocenters. The van der Waals surface area contributed by atoms with Gasteiger partial charge in [0.1, 0.15) is 17.0 Å². The normalized spacial score (nSPS) is 11.2. The molecule has 0 spiro atoms. The average molecular weight is 576 g/mol. The number of aromatic nitrogens is 2. The minimum absolute atomic E-state index is 0.160. The molecule has 38 heavy (non-hydrogen) atoms. The van der Waals surface area contributed by atoms with Crippen LogP contribution in [0.4, 0.5) is 5.82 Å². The highest BCUT2D eigenvalue weighted by Crippen LogP contribution is 2.32. The molecule has 1 heterocycles. The number of hydrogen-bond acceptors (Lipinski definition) is 6. The first kappa shape index (κ1) is 27.1. The lowest BCUT2D eigenvalue weighted by molar-refractivity contribution is 0.0600. The van der Waals surface area contributed by atoms with E-state index in [2.05, 4.69) is 26.2 Å². The number of para-hydroxylation sites is 1. The van der Waals surface area contributed by atoms with Gasteiger partial charge in [-0.05, 0) is 65.5 Å². The van der Waals surface area contributed by atoms with Crippen molar-refractivity contribution in [2.75, 3.05) is 12.4 Å². The first-order valence-electron chi connectivity index (χ1n) is 12.3. The van der Waals surface area contributed by atoms with E-state index in [9.17, 15) is 9.59 Å². The zero-order chi connectivity index (χ0) is 27.3. The Kier molecular flexibility index (Phi) is 8.32. The summed E-state index contributed by atoms with van der Waals surface area (Å²) in [5.74, 6) is 0.401. The molecule has 8 heteroatoms. The van der Waals surface area contributed by atoms with Crippen molar-refractivity contribution in [3.05, 3.63) is 116 Å². The van der Waals surface area contributed by atoms with Crippen LogP contribution in [-0.4, -0.2) is 22.6 Å². The molecule has 1 aromatic heterocycles. The van der Waals surface area contributed by atoms with Gasteiger partial charge in [-0.25, -0.2) is 9.78 Å². The van der Waals surface area contributed by atoms with Crippen molar-refractivity contribution in [3.8, 4) is 11.4 Å². The molecule has 0 fully saturated rings. The number of esters is 1. The lowest BCUT2D eigenvalue weighted by Crippen LogP contribution is -2.34. The van der Waals surface area contributed by atoms with Crippen molar-refractivity contribution in [2.24, 2.45) is 0 Å². The summed E-state index contributed by atoms with van der Waals surface area (Å²) in [5.41, 5.74) is 2.74. The fourth-order valence-electron chi connectivity index (χ4n) is 4.26. The van der Waals surface area contributed by atoms with Gasteiger partial charge in [0.25, 0.3) is 5.56 Å². The number of anilines is 1. The van der Waals surface area contributed by atoms with Gasteiger partial charge in [0.05, 0.1) is 23.9 Å². The number of hydrogen-bond donors (Lipinski definition) is 1. The molecule has 0 radical (unpaired) electrons. The van der Waals surface area contributed by atoms with Gasteiger partial charge in [0.2, 0.25) is 0 Å². The summed E-state index contributed by atoms with van der Waals surface area (Å²) in [6.45, 7) is 6.36. The smallest absolute Gasteiger partial charge is 0.337 e. The molecule has 4 rings (SSSR count). The van der Waals surface area contributed by atoms with Gasteiger partial charge >= 0.3 is 5.97 Å². The number of nitrogens with one attached hydrogen (secondary N) is 1. The van der Waals surface area contributed by atoms with E-state index in [0.717, 1.165) is 16.7 Å². The molecule has 0 saturated carbocycles. The molecule has 0 atom stereocenters. The molecule has 196 valence electrons. The molecule has 0 amide bonds. The predicted octanol–water partition coefficient (Wildman–Crippen LogP) is 6.27. The second kappa shape index (κ2) is 11.6. The van der Waals surface area contributed by atoms with Gasteiger partial charge in [-0.3, -0.25) is 9.36 Å². The molecule has 1 N–H and O–H groups in total. The Bertz CT molecular complexity index is 1500. The van der Waals surface area contributed by atoms with Crippen LogP contribution in [0.15, 0.2) is 88.4 Å². The summed E-state index contributed by atoms with van der Waals surface area (Å²) in [7, 11) is 1.33. The first-order valence-corrected chi connectivity index (χ1v) is 13.1. The number of ether oxygens (including phenoxy) is 2. The Morgan fingerprint density at radius 3 is 2.47 bits per heavy atom. The van der Waals surface area contributed by atoms with Crippen molar-refractivity contribution in [1.29, 1.82) is 0 Å². The molecule has 0 saturated heterocycles. The monoisotopic (exact) mass is 575 g/mol. The number of carbonyl (C=O) groups is 1. The number of nitrogens with zero attached hydrogens (tertiary/aromatic N) is 2. The number of halogens is 1. The lowest BCUT2D eigenvalue weighted by atomic mass is 9.93. The Morgan fingerprint density at radius 1 is 1.05 bits per heavy atom. The van der Waals surface area contributed by atoms with E-state index in [-0.39, 0.29) is 11.4 Å². The van der Waals surface area contributed by atoms with E-state index in [1.165, 1.54) is 11.7 Å². The highest BCUT2D eigenvalue weighted by atomic mass is 79.9. The van der Waals surface area contributed by atoms with Crippen LogP contribution in [0.25, 0.3) is 5.69 Å². The minimum atomic E-state index is -0.709. The van der Waals surface area contributed by atoms with E-state index < -0.39 is 11.5 Å². The highest BCUT2D eigenvalue weighted by Gasteiger charge is 2.27. The molecule has 0 aliphatic carbocycles. The van der Waals surface area contributed by atoms with Gasteiger partial charge in [0, 0.05) is 11.8 Å².